The van der Waals surface area contributed by atoms with Crippen LogP contribution < -0.4 is 0 Å². The van der Waals surface area contributed by atoms with Crippen LogP contribution in [-0.4, -0.2) is 52.3 Å². The Morgan fingerprint density at radius 2 is 1.22 bits per heavy atom. The second-order valence-corrected chi connectivity index (χ2v) is 13.1. The van der Waals surface area contributed by atoms with Gasteiger partial charge in [0.25, 0.3) is 0 Å². The fraction of sp³-hybridized carbons (Fsp3) is 0.722. The molecule has 266 valence electrons. The summed E-state index contributed by atoms with van der Waals surface area (Å²) in [6.45, 7) is 5.60. The monoisotopic (exact) mass is 670 g/mol. The molecule has 0 amide bonds. The van der Waals surface area contributed by atoms with Gasteiger partial charge in [0, 0.05) is 12.8 Å². The fourth-order valence-electron chi connectivity index (χ4n) is 4.38. The minimum absolute atomic E-state index is 0.121. The first-order chi connectivity index (χ1) is 22.1. The van der Waals surface area contributed by atoms with Crippen LogP contribution in [0.3, 0.4) is 0 Å². The Balaban J connectivity index is 4.15. The largest absolute Gasteiger partial charge is 0.469 e. The number of unbranched alkanes of at least 4 members (excludes halogenated alkanes) is 6. The van der Waals surface area contributed by atoms with Crippen molar-refractivity contribution in [1.29, 1.82) is 0 Å². The van der Waals surface area contributed by atoms with E-state index < -0.39 is 32.5 Å². The Labute approximate surface area is 278 Å². The highest BCUT2D eigenvalue weighted by Gasteiger charge is 2.22. The maximum atomic E-state index is 12.3. The Morgan fingerprint density at radius 3 is 1.80 bits per heavy atom. The molecule has 0 spiro atoms. The molecule has 0 radical (unpaired) electrons. The molecular weight excluding hydrogens is 607 g/mol. The van der Waals surface area contributed by atoms with E-state index in [1.165, 1.54) is 25.7 Å². The average molecular weight is 671 g/mol. The van der Waals surface area contributed by atoms with Crippen LogP contribution >= 0.6 is 7.82 Å². The summed E-state index contributed by atoms with van der Waals surface area (Å²) in [6.07, 6.45) is 30.8. The highest BCUT2D eigenvalue weighted by atomic mass is 31.2. The summed E-state index contributed by atoms with van der Waals surface area (Å²) in [5, 5.41) is 9.52. The summed E-state index contributed by atoms with van der Waals surface area (Å²) in [6, 6.07) is 0. The lowest BCUT2D eigenvalue weighted by Gasteiger charge is -2.18. The molecule has 9 nitrogen and oxygen atoms in total. The van der Waals surface area contributed by atoms with E-state index in [2.05, 4.69) is 54.8 Å². The molecule has 0 heterocycles. The molecule has 0 aromatic rings. The number of allylic oxidation sites excluding steroid dienone is 8. The summed E-state index contributed by atoms with van der Waals surface area (Å²) < 4.78 is 26.1. The van der Waals surface area contributed by atoms with Gasteiger partial charge < -0.3 is 24.4 Å². The smallest absolute Gasteiger partial charge is 0.462 e. The molecule has 0 aliphatic carbocycles. The van der Waals surface area contributed by atoms with Crippen LogP contribution in [-0.2, 0) is 28.2 Å². The van der Waals surface area contributed by atoms with Crippen LogP contribution in [0.25, 0.3) is 0 Å². The number of aliphatic hydroxyl groups is 1. The number of hydrogen-bond acceptors (Lipinski definition) is 7. The molecule has 10 heteroatoms. The predicted molar refractivity (Wildman–Crippen MR) is 185 cm³/mol. The SMILES string of the molecule is CCC(C)CCCCCCCCC(=O)OC[C@H](COP(=O)(O)O)OC(=O)CCC/C=C\C/C=C\C/C=C\C/C=C\CC[C@H](O)CC. The number of ether oxygens (including phenoxy) is 2. The van der Waals surface area contributed by atoms with Gasteiger partial charge in [-0.1, -0.05) is 114 Å². The molecule has 3 atom stereocenters. The number of aliphatic hydroxyl groups excluding tert-OH is 1. The van der Waals surface area contributed by atoms with E-state index in [-0.39, 0.29) is 25.6 Å². The van der Waals surface area contributed by atoms with E-state index in [0.717, 1.165) is 63.7 Å². The third-order valence-corrected chi connectivity index (χ3v) is 8.04. The summed E-state index contributed by atoms with van der Waals surface area (Å²) >= 11 is 0. The van der Waals surface area contributed by atoms with Gasteiger partial charge in [-0.25, -0.2) is 4.57 Å². The minimum atomic E-state index is -4.77. The van der Waals surface area contributed by atoms with Crippen LogP contribution in [0.15, 0.2) is 48.6 Å². The predicted octanol–water partition coefficient (Wildman–Crippen LogP) is 8.83. The zero-order valence-corrected chi connectivity index (χ0v) is 29.6. The van der Waals surface area contributed by atoms with Gasteiger partial charge in [-0.05, 0) is 63.7 Å². The van der Waals surface area contributed by atoms with E-state index in [1.807, 2.05) is 19.1 Å². The first-order valence-corrected chi connectivity index (χ1v) is 18.9. The molecule has 46 heavy (non-hydrogen) atoms. The maximum absolute atomic E-state index is 12.3. The van der Waals surface area contributed by atoms with Crippen LogP contribution in [0.4, 0.5) is 0 Å². The average Bonchev–Trinajstić information content (AvgIpc) is 3.02. The third-order valence-electron chi connectivity index (χ3n) is 7.55. The quantitative estimate of drug-likeness (QED) is 0.0296. The molecule has 3 N–H and O–H groups in total. The summed E-state index contributed by atoms with van der Waals surface area (Å²) in [5.74, 6) is -0.199. The van der Waals surface area contributed by atoms with Gasteiger partial charge in [-0.3, -0.25) is 14.1 Å². The second-order valence-electron chi connectivity index (χ2n) is 11.9. The number of rotatable bonds is 30. The minimum Gasteiger partial charge on any atom is -0.462 e. The fourth-order valence-corrected chi connectivity index (χ4v) is 4.74. The number of hydrogen-bond donors (Lipinski definition) is 3. The Kier molecular flexibility index (Phi) is 29.0. The first kappa shape index (κ1) is 44.0. The number of carbonyl (C=O) groups excluding carboxylic acids is 2. The summed E-state index contributed by atoms with van der Waals surface area (Å²) in [5.41, 5.74) is 0. The van der Waals surface area contributed by atoms with Gasteiger partial charge in [0.1, 0.15) is 6.61 Å². The van der Waals surface area contributed by atoms with Crippen LogP contribution in [0.1, 0.15) is 136 Å². The lowest BCUT2D eigenvalue weighted by molar-refractivity contribution is -0.161. The van der Waals surface area contributed by atoms with Gasteiger partial charge in [-0.15, -0.1) is 0 Å². The molecule has 0 saturated heterocycles. The van der Waals surface area contributed by atoms with E-state index in [1.54, 1.807) is 0 Å². The second kappa shape index (κ2) is 30.3. The number of carbonyl (C=O) groups is 2. The first-order valence-electron chi connectivity index (χ1n) is 17.4. The molecule has 0 aliphatic rings. The molecule has 0 rings (SSSR count). The van der Waals surface area contributed by atoms with Gasteiger partial charge >= 0.3 is 19.8 Å². The maximum Gasteiger partial charge on any atom is 0.469 e. The lowest BCUT2D eigenvalue weighted by atomic mass is 10.00. The summed E-state index contributed by atoms with van der Waals surface area (Å²) in [4.78, 5) is 42.5. The van der Waals surface area contributed by atoms with Crippen molar-refractivity contribution in [2.45, 2.75) is 149 Å². The number of esters is 2. The lowest BCUT2D eigenvalue weighted by Crippen LogP contribution is -2.29. The van der Waals surface area contributed by atoms with Gasteiger partial charge in [0.2, 0.25) is 0 Å². The Morgan fingerprint density at radius 1 is 0.674 bits per heavy atom. The molecule has 0 aromatic heterocycles. The third kappa shape index (κ3) is 31.9. The van der Waals surface area contributed by atoms with Gasteiger partial charge in [-0.2, -0.15) is 0 Å². The van der Waals surface area contributed by atoms with Crippen molar-refractivity contribution in [3.63, 3.8) is 0 Å². The number of phosphoric ester groups is 1. The molecule has 0 aromatic carbocycles. The molecule has 1 unspecified atom stereocenters. The highest BCUT2D eigenvalue weighted by molar-refractivity contribution is 7.46. The van der Waals surface area contributed by atoms with Crippen molar-refractivity contribution >= 4 is 19.8 Å². The van der Waals surface area contributed by atoms with Crippen molar-refractivity contribution in [3.05, 3.63) is 48.6 Å². The summed E-state index contributed by atoms with van der Waals surface area (Å²) in [7, 11) is -4.77. The van der Waals surface area contributed by atoms with E-state index in [0.29, 0.717) is 19.3 Å². The molecule has 0 fully saturated rings. The van der Waals surface area contributed by atoms with Gasteiger partial charge in [0.15, 0.2) is 6.10 Å². The van der Waals surface area contributed by atoms with Crippen molar-refractivity contribution in [2.75, 3.05) is 13.2 Å². The molecule has 0 saturated carbocycles. The van der Waals surface area contributed by atoms with Crippen molar-refractivity contribution in [3.8, 4) is 0 Å². The molecular formula is C36H63O9P. The zero-order chi connectivity index (χ0) is 34.3. The van der Waals surface area contributed by atoms with Crippen LogP contribution in [0, 0.1) is 5.92 Å². The van der Waals surface area contributed by atoms with Crippen molar-refractivity contribution in [2.24, 2.45) is 5.92 Å². The van der Waals surface area contributed by atoms with Crippen molar-refractivity contribution in [1.82, 2.24) is 0 Å². The van der Waals surface area contributed by atoms with Crippen LogP contribution in [0.2, 0.25) is 0 Å². The zero-order valence-electron chi connectivity index (χ0n) is 28.7. The molecule has 0 bridgehead atoms. The van der Waals surface area contributed by atoms with Gasteiger partial charge in [0.05, 0.1) is 12.7 Å². The topological polar surface area (TPSA) is 140 Å². The van der Waals surface area contributed by atoms with Crippen LogP contribution in [0.5, 0.6) is 0 Å². The van der Waals surface area contributed by atoms with E-state index >= 15 is 0 Å². The van der Waals surface area contributed by atoms with E-state index in [9.17, 15) is 19.3 Å². The Hall–Kier alpha value is -2.03. The molecule has 0 aliphatic heterocycles. The highest BCUT2D eigenvalue weighted by Crippen LogP contribution is 2.35. The standard InChI is InChI=1S/C36H63O9P/c1-4-32(3)26-22-18-16-17-20-24-28-35(38)43-30-34(31-44-46(40,41)42)45-36(39)29-25-21-15-13-11-9-7-6-8-10-12-14-19-23-27-33(37)5-2/h7-10,13-15,19,32-34,37H,4-6,11-12,16-18,20-31H2,1-3H3,(H2,40,41,42)/b9-7-,10-8-,15-13-,19-14-/t32?,33-,34-/m1/s1. The Bertz CT molecular complexity index is 922. The van der Waals surface area contributed by atoms with E-state index in [4.69, 9.17) is 19.3 Å². The normalized spacial score (nSPS) is 14.5. The number of phosphoric acid groups is 1. The van der Waals surface area contributed by atoms with Crippen molar-refractivity contribution < 1.29 is 43.0 Å².